The maximum atomic E-state index is 13.7. The normalized spacial score (nSPS) is 17.1. The van der Waals surface area contributed by atoms with Gasteiger partial charge < -0.3 is 15.0 Å². The molecule has 0 fully saturated rings. The lowest BCUT2D eigenvalue weighted by molar-refractivity contribution is 0.398. The van der Waals surface area contributed by atoms with Crippen LogP contribution in [0.25, 0.3) is 10.9 Å². The average molecular weight is 324 g/mol. The zero-order valence-corrected chi connectivity index (χ0v) is 14.2. The Morgan fingerprint density at radius 2 is 2.00 bits per heavy atom. The van der Waals surface area contributed by atoms with E-state index < -0.39 is 0 Å². The minimum Gasteiger partial charge on any atom is -0.496 e. The number of halogens is 1. The number of aryl methyl sites for hydroxylation is 2. The van der Waals surface area contributed by atoms with Crippen molar-refractivity contribution in [2.75, 3.05) is 13.7 Å². The Bertz CT molecular complexity index is 929. The molecule has 0 spiro atoms. The van der Waals surface area contributed by atoms with Crippen LogP contribution in [0, 0.1) is 19.7 Å². The summed E-state index contributed by atoms with van der Waals surface area (Å²) in [5.41, 5.74) is 6.77. The highest BCUT2D eigenvalue weighted by Crippen LogP contribution is 2.38. The molecule has 1 atom stereocenters. The molecule has 1 unspecified atom stereocenters. The molecular formula is C20H21FN2O. The predicted molar refractivity (Wildman–Crippen MR) is 94.3 cm³/mol. The summed E-state index contributed by atoms with van der Waals surface area (Å²) in [6.07, 6.45) is 0.891. The Hall–Kier alpha value is -2.33. The van der Waals surface area contributed by atoms with E-state index in [0.29, 0.717) is 0 Å². The number of methoxy groups -OCH3 is 1. The number of H-pyrrole nitrogens is 1. The van der Waals surface area contributed by atoms with E-state index in [-0.39, 0.29) is 11.9 Å². The zero-order chi connectivity index (χ0) is 16.8. The van der Waals surface area contributed by atoms with Gasteiger partial charge in [0.1, 0.15) is 11.6 Å². The highest BCUT2D eigenvalue weighted by atomic mass is 19.1. The Balaban J connectivity index is 1.93. The number of aromatic nitrogens is 1. The van der Waals surface area contributed by atoms with Crippen LogP contribution in [0.15, 0.2) is 30.3 Å². The maximum absolute atomic E-state index is 13.7. The van der Waals surface area contributed by atoms with Crippen LogP contribution in [0.1, 0.15) is 34.0 Å². The molecule has 124 valence electrons. The van der Waals surface area contributed by atoms with E-state index in [4.69, 9.17) is 4.74 Å². The second kappa shape index (κ2) is 5.64. The van der Waals surface area contributed by atoms with Crippen LogP contribution < -0.4 is 10.1 Å². The number of rotatable bonds is 2. The first-order valence-corrected chi connectivity index (χ1v) is 8.27. The minimum absolute atomic E-state index is 0.0257. The Labute approximate surface area is 140 Å². The molecule has 1 aliphatic rings. The van der Waals surface area contributed by atoms with E-state index in [1.54, 1.807) is 13.2 Å². The smallest absolute Gasteiger partial charge is 0.126 e. The average Bonchev–Trinajstić information content (AvgIpc) is 2.92. The molecule has 2 aromatic carbocycles. The van der Waals surface area contributed by atoms with Gasteiger partial charge in [0.25, 0.3) is 0 Å². The van der Waals surface area contributed by atoms with Gasteiger partial charge in [-0.05, 0) is 49.6 Å². The number of aromatic amines is 1. The lowest BCUT2D eigenvalue weighted by Gasteiger charge is -2.27. The van der Waals surface area contributed by atoms with Crippen molar-refractivity contribution in [2.24, 2.45) is 0 Å². The molecule has 0 amide bonds. The SMILES string of the molecule is COc1c(C)cc(C)cc1C1NCCc2c1[nH]c1ccc(F)cc21. The molecule has 0 saturated carbocycles. The van der Waals surface area contributed by atoms with E-state index in [0.717, 1.165) is 46.4 Å². The summed E-state index contributed by atoms with van der Waals surface area (Å²) in [5, 5.41) is 4.58. The second-order valence-electron chi connectivity index (χ2n) is 6.55. The van der Waals surface area contributed by atoms with E-state index in [2.05, 4.69) is 36.3 Å². The first-order chi connectivity index (χ1) is 11.6. The van der Waals surface area contributed by atoms with Crippen molar-refractivity contribution in [3.63, 3.8) is 0 Å². The van der Waals surface area contributed by atoms with E-state index in [9.17, 15) is 4.39 Å². The first-order valence-electron chi connectivity index (χ1n) is 8.27. The third kappa shape index (κ3) is 2.29. The molecule has 0 aliphatic carbocycles. The summed E-state index contributed by atoms with van der Waals surface area (Å²) >= 11 is 0. The van der Waals surface area contributed by atoms with E-state index in [1.165, 1.54) is 17.2 Å². The van der Waals surface area contributed by atoms with Gasteiger partial charge in [0.2, 0.25) is 0 Å². The molecule has 3 aromatic rings. The number of ether oxygens (including phenoxy) is 1. The summed E-state index contributed by atoms with van der Waals surface area (Å²) in [7, 11) is 1.71. The summed E-state index contributed by atoms with van der Waals surface area (Å²) in [6.45, 7) is 5.02. The largest absolute Gasteiger partial charge is 0.496 e. The molecule has 24 heavy (non-hydrogen) atoms. The molecule has 1 aliphatic heterocycles. The molecule has 0 bridgehead atoms. The van der Waals surface area contributed by atoms with Crippen LogP contribution in [0.4, 0.5) is 4.39 Å². The highest BCUT2D eigenvalue weighted by molar-refractivity contribution is 5.85. The van der Waals surface area contributed by atoms with Crippen molar-refractivity contribution in [3.8, 4) is 5.75 Å². The van der Waals surface area contributed by atoms with Crippen molar-refractivity contribution in [2.45, 2.75) is 26.3 Å². The van der Waals surface area contributed by atoms with Crippen molar-refractivity contribution >= 4 is 10.9 Å². The van der Waals surface area contributed by atoms with Crippen LogP contribution >= 0.6 is 0 Å². The fourth-order valence-electron chi connectivity index (χ4n) is 3.95. The fraction of sp³-hybridized carbons (Fsp3) is 0.300. The summed E-state index contributed by atoms with van der Waals surface area (Å²) in [6, 6.07) is 9.28. The Kier molecular flexibility index (Phi) is 3.57. The topological polar surface area (TPSA) is 37.0 Å². The third-order valence-electron chi connectivity index (χ3n) is 4.88. The standard InChI is InChI=1S/C20H21FN2O/c1-11-8-12(2)20(24-3)16(9-11)18-19-14(6-7-22-18)15-10-13(21)4-5-17(15)23-19/h4-5,8-10,18,22-23H,6-7H2,1-3H3. The molecule has 0 radical (unpaired) electrons. The number of hydrogen-bond acceptors (Lipinski definition) is 2. The van der Waals surface area contributed by atoms with Crippen LogP contribution in [-0.4, -0.2) is 18.6 Å². The predicted octanol–water partition coefficient (Wildman–Crippen LogP) is 4.17. The Morgan fingerprint density at radius 1 is 1.17 bits per heavy atom. The van der Waals surface area contributed by atoms with Gasteiger partial charge >= 0.3 is 0 Å². The quantitative estimate of drug-likeness (QED) is 0.742. The van der Waals surface area contributed by atoms with Crippen LogP contribution in [0.2, 0.25) is 0 Å². The molecular weight excluding hydrogens is 303 g/mol. The molecule has 1 aromatic heterocycles. The fourth-order valence-corrected chi connectivity index (χ4v) is 3.95. The van der Waals surface area contributed by atoms with Crippen LogP contribution in [-0.2, 0) is 6.42 Å². The monoisotopic (exact) mass is 324 g/mol. The molecule has 3 nitrogen and oxygen atoms in total. The molecule has 4 rings (SSSR count). The lowest BCUT2D eigenvalue weighted by Crippen LogP contribution is -2.31. The number of nitrogens with one attached hydrogen (secondary N) is 2. The van der Waals surface area contributed by atoms with Crippen molar-refractivity contribution in [3.05, 3.63) is 64.1 Å². The van der Waals surface area contributed by atoms with Gasteiger partial charge in [0, 0.05) is 28.7 Å². The third-order valence-corrected chi connectivity index (χ3v) is 4.88. The van der Waals surface area contributed by atoms with Gasteiger partial charge in [-0.1, -0.05) is 17.7 Å². The van der Waals surface area contributed by atoms with Crippen molar-refractivity contribution in [1.82, 2.24) is 10.3 Å². The number of benzene rings is 2. The minimum atomic E-state index is -0.191. The molecule has 0 saturated heterocycles. The van der Waals surface area contributed by atoms with E-state index in [1.807, 2.05) is 6.07 Å². The Morgan fingerprint density at radius 3 is 2.79 bits per heavy atom. The van der Waals surface area contributed by atoms with Crippen molar-refractivity contribution < 1.29 is 9.13 Å². The summed E-state index contributed by atoms with van der Waals surface area (Å²) in [5.74, 6) is 0.721. The van der Waals surface area contributed by atoms with Crippen LogP contribution in [0.3, 0.4) is 0 Å². The van der Waals surface area contributed by atoms with Gasteiger partial charge in [0.15, 0.2) is 0 Å². The van der Waals surface area contributed by atoms with Gasteiger partial charge in [-0.25, -0.2) is 4.39 Å². The summed E-state index contributed by atoms with van der Waals surface area (Å²) in [4.78, 5) is 3.50. The second-order valence-corrected chi connectivity index (χ2v) is 6.55. The molecule has 4 heteroatoms. The highest BCUT2D eigenvalue weighted by Gasteiger charge is 2.28. The number of fused-ring (bicyclic) bond motifs is 3. The van der Waals surface area contributed by atoms with Crippen LogP contribution in [0.5, 0.6) is 5.75 Å². The van der Waals surface area contributed by atoms with E-state index >= 15 is 0 Å². The molecule has 2 heterocycles. The van der Waals surface area contributed by atoms with Crippen molar-refractivity contribution in [1.29, 1.82) is 0 Å². The van der Waals surface area contributed by atoms with Gasteiger partial charge in [-0.2, -0.15) is 0 Å². The summed E-state index contributed by atoms with van der Waals surface area (Å²) < 4.78 is 19.4. The van der Waals surface area contributed by atoms with Gasteiger partial charge in [-0.3, -0.25) is 0 Å². The van der Waals surface area contributed by atoms with Gasteiger partial charge in [-0.15, -0.1) is 0 Å². The zero-order valence-electron chi connectivity index (χ0n) is 14.2. The lowest BCUT2D eigenvalue weighted by atomic mass is 9.91. The first kappa shape index (κ1) is 15.2. The maximum Gasteiger partial charge on any atom is 0.126 e. The van der Waals surface area contributed by atoms with Gasteiger partial charge in [0.05, 0.1) is 13.2 Å². The molecule has 2 N–H and O–H groups in total. The number of hydrogen-bond donors (Lipinski definition) is 2.